The third kappa shape index (κ3) is 4.95. The van der Waals surface area contributed by atoms with Crippen LogP contribution in [-0.4, -0.2) is 28.0 Å². The smallest absolute Gasteiger partial charge is 0.315 e. The minimum Gasteiger partial charge on any atom is -0.338 e. The number of benzene rings is 1. The highest BCUT2D eigenvalue weighted by molar-refractivity contribution is 7.89. The summed E-state index contributed by atoms with van der Waals surface area (Å²) >= 11 is 0. The van der Waals surface area contributed by atoms with Crippen LogP contribution in [-0.2, 0) is 10.0 Å². The van der Waals surface area contributed by atoms with E-state index < -0.39 is 10.0 Å². The van der Waals surface area contributed by atoms with E-state index in [1.165, 1.54) is 38.4 Å². The van der Waals surface area contributed by atoms with Gasteiger partial charge in [-0.2, -0.15) is 0 Å². The molecule has 1 aromatic rings. The van der Waals surface area contributed by atoms with Crippen LogP contribution in [0.1, 0.15) is 44.7 Å². The molecule has 3 N–H and O–H groups in total. The monoisotopic (exact) mass is 353 g/mol. The van der Waals surface area contributed by atoms with E-state index in [1.54, 1.807) is 12.1 Å². The molecule has 0 radical (unpaired) electrons. The van der Waals surface area contributed by atoms with Crippen molar-refractivity contribution >= 4 is 16.1 Å². The Morgan fingerprint density at radius 3 is 2.50 bits per heavy atom. The first-order valence-corrected chi connectivity index (χ1v) is 9.93. The molecule has 0 heterocycles. The summed E-state index contributed by atoms with van der Waals surface area (Å²) in [4.78, 5) is 12.2. The normalized spacial score (nSPS) is 21.1. The Morgan fingerprint density at radius 2 is 1.92 bits per heavy atom. The molecule has 0 saturated heterocycles. The molecule has 24 heavy (non-hydrogen) atoms. The maximum atomic E-state index is 12.0. The summed E-state index contributed by atoms with van der Waals surface area (Å²) < 4.78 is 25.7. The Morgan fingerprint density at radius 1 is 1.25 bits per heavy atom. The third-order valence-corrected chi connectivity index (χ3v) is 5.99. The summed E-state index contributed by atoms with van der Waals surface area (Å²) in [5.74, 6) is 1.39. The SMILES string of the molecule is CCC[C@@H]1C[C@H]1CNC(=O)NC(C)c1ccc(S(=O)(=O)NC)cc1. The van der Waals surface area contributed by atoms with Crippen molar-refractivity contribution in [3.8, 4) is 0 Å². The maximum Gasteiger partial charge on any atom is 0.315 e. The van der Waals surface area contributed by atoms with Crippen molar-refractivity contribution in [1.29, 1.82) is 0 Å². The van der Waals surface area contributed by atoms with Gasteiger partial charge in [0.1, 0.15) is 0 Å². The molecule has 134 valence electrons. The van der Waals surface area contributed by atoms with Crippen molar-refractivity contribution in [1.82, 2.24) is 15.4 Å². The zero-order valence-electron chi connectivity index (χ0n) is 14.5. The number of rotatable bonds is 8. The number of sulfonamides is 1. The lowest BCUT2D eigenvalue weighted by Gasteiger charge is -2.15. The lowest BCUT2D eigenvalue weighted by Crippen LogP contribution is -2.38. The largest absolute Gasteiger partial charge is 0.338 e. The van der Waals surface area contributed by atoms with Crippen LogP contribution in [0.15, 0.2) is 29.2 Å². The lowest BCUT2D eigenvalue weighted by atomic mass is 10.1. The van der Waals surface area contributed by atoms with Crippen molar-refractivity contribution in [3.63, 3.8) is 0 Å². The van der Waals surface area contributed by atoms with Crippen LogP contribution in [0.4, 0.5) is 4.79 Å². The van der Waals surface area contributed by atoms with E-state index in [4.69, 9.17) is 0 Å². The van der Waals surface area contributed by atoms with Gasteiger partial charge in [0.2, 0.25) is 10.0 Å². The van der Waals surface area contributed by atoms with E-state index in [0.29, 0.717) is 5.92 Å². The number of amides is 2. The van der Waals surface area contributed by atoms with Crippen molar-refractivity contribution in [2.24, 2.45) is 11.8 Å². The van der Waals surface area contributed by atoms with Gasteiger partial charge < -0.3 is 10.6 Å². The first kappa shape index (κ1) is 18.7. The van der Waals surface area contributed by atoms with Crippen molar-refractivity contribution in [2.75, 3.05) is 13.6 Å². The van der Waals surface area contributed by atoms with Gasteiger partial charge in [0.15, 0.2) is 0 Å². The van der Waals surface area contributed by atoms with E-state index in [2.05, 4.69) is 22.3 Å². The van der Waals surface area contributed by atoms with Crippen LogP contribution in [0.5, 0.6) is 0 Å². The molecular weight excluding hydrogens is 326 g/mol. The third-order valence-electron chi connectivity index (χ3n) is 4.56. The molecule has 0 aliphatic heterocycles. The van der Waals surface area contributed by atoms with Crippen LogP contribution in [0, 0.1) is 11.8 Å². The molecule has 1 aromatic carbocycles. The number of urea groups is 1. The molecule has 6 nitrogen and oxygen atoms in total. The molecule has 1 fully saturated rings. The number of hydrogen-bond donors (Lipinski definition) is 3. The predicted molar refractivity (Wildman–Crippen MR) is 94.1 cm³/mol. The van der Waals surface area contributed by atoms with E-state index in [1.807, 2.05) is 6.92 Å². The van der Waals surface area contributed by atoms with Crippen molar-refractivity contribution < 1.29 is 13.2 Å². The van der Waals surface area contributed by atoms with E-state index in [-0.39, 0.29) is 17.0 Å². The Bertz CT molecular complexity index is 658. The van der Waals surface area contributed by atoms with Gasteiger partial charge in [-0.3, -0.25) is 0 Å². The van der Waals surface area contributed by atoms with Crippen LogP contribution in [0.2, 0.25) is 0 Å². The van der Waals surface area contributed by atoms with Gasteiger partial charge >= 0.3 is 6.03 Å². The molecule has 2 amide bonds. The van der Waals surface area contributed by atoms with Gasteiger partial charge in [0.05, 0.1) is 10.9 Å². The summed E-state index contributed by atoms with van der Waals surface area (Å²) in [6, 6.07) is 6.13. The summed E-state index contributed by atoms with van der Waals surface area (Å²) in [5, 5.41) is 5.81. The second-order valence-electron chi connectivity index (χ2n) is 6.40. The molecule has 0 spiro atoms. The molecule has 3 atom stereocenters. The van der Waals surface area contributed by atoms with Gasteiger partial charge in [-0.1, -0.05) is 31.9 Å². The fourth-order valence-electron chi connectivity index (χ4n) is 2.89. The number of carbonyl (C=O) groups excluding carboxylic acids is 1. The fraction of sp³-hybridized carbons (Fsp3) is 0.588. The Kier molecular flexibility index (Phi) is 6.23. The molecule has 1 aliphatic carbocycles. The highest BCUT2D eigenvalue weighted by atomic mass is 32.2. The lowest BCUT2D eigenvalue weighted by molar-refractivity contribution is 0.237. The highest BCUT2D eigenvalue weighted by Gasteiger charge is 2.35. The molecule has 0 bridgehead atoms. The molecule has 1 saturated carbocycles. The molecule has 1 unspecified atom stereocenters. The molecular formula is C17H27N3O3S. The fourth-order valence-corrected chi connectivity index (χ4v) is 3.62. The molecule has 7 heteroatoms. The zero-order chi connectivity index (χ0) is 17.7. The van der Waals surface area contributed by atoms with Gasteiger partial charge in [-0.25, -0.2) is 17.9 Å². The first-order valence-electron chi connectivity index (χ1n) is 8.45. The van der Waals surface area contributed by atoms with E-state index >= 15 is 0 Å². The average Bonchev–Trinajstić information content (AvgIpc) is 3.31. The van der Waals surface area contributed by atoms with Gasteiger partial charge in [0, 0.05) is 6.54 Å². The summed E-state index contributed by atoms with van der Waals surface area (Å²) in [7, 11) is -2.06. The van der Waals surface area contributed by atoms with Crippen LogP contribution in [0.3, 0.4) is 0 Å². The summed E-state index contributed by atoms with van der Waals surface area (Å²) in [5.41, 5.74) is 0.857. The summed E-state index contributed by atoms with van der Waals surface area (Å²) in [6.07, 6.45) is 3.65. The highest BCUT2D eigenvalue weighted by Crippen LogP contribution is 2.41. The Hall–Kier alpha value is -1.60. The van der Waals surface area contributed by atoms with Crippen molar-refractivity contribution in [3.05, 3.63) is 29.8 Å². The first-order chi connectivity index (χ1) is 11.4. The van der Waals surface area contributed by atoms with Gasteiger partial charge in [-0.15, -0.1) is 0 Å². The van der Waals surface area contributed by atoms with Crippen molar-refractivity contribution in [2.45, 2.75) is 44.0 Å². The summed E-state index contributed by atoms with van der Waals surface area (Å²) in [6.45, 7) is 4.78. The maximum absolute atomic E-state index is 12.0. The quantitative estimate of drug-likeness (QED) is 0.670. The number of carbonyl (C=O) groups is 1. The second-order valence-corrected chi connectivity index (χ2v) is 8.28. The molecule has 2 rings (SSSR count). The van der Waals surface area contributed by atoms with Crippen LogP contribution < -0.4 is 15.4 Å². The van der Waals surface area contributed by atoms with E-state index in [0.717, 1.165) is 18.0 Å². The number of hydrogen-bond acceptors (Lipinski definition) is 3. The minimum absolute atomic E-state index is 0.184. The topological polar surface area (TPSA) is 87.3 Å². The minimum atomic E-state index is -3.43. The average molecular weight is 353 g/mol. The van der Waals surface area contributed by atoms with Crippen LogP contribution in [0.25, 0.3) is 0 Å². The standard InChI is InChI=1S/C17H27N3O3S/c1-4-5-14-10-15(14)11-19-17(21)20-12(2)13-6-8-16(9-7-13)24(22,23)18-3/h6-9,12,14-15,18H,4-5,10-11H2,1-3H3,(H2,19,20,21)/t12?,14-,15+/m1/s1. The predicted octanol–water partition coefficient (Wildman–Crippen LogP) is 2.39. The Balaban J connectivity index is 1.81. The molecule has 1 aliphatic rings. The van der Waals surface area contributed by atoms with Crippen LogP contribution >= 0.6 is 0 Å². The Labute approximate surface area is 144 Å². The van der Waals surface area contributed by atoms with Gasteiger partial charge in [-0.05, 0) is 49.9 Å². The molecule has 0 aromatic heterocycles. The number of nitrogens with one attached hydrogen (secondary N) is 3. The van der Waals surface area contributed by atoms with Gasteiger partial charge in [0.25, 0.3) is 0 Å². The zero-order valence-corrected chi connectivity index (χ0v) is 15.3. The second kappa shape index (κ2) is 7.98. The van der Waals surface area contributed by atoms with E-state index in [9.17, 15) is 13.2 Å².